The maximum atomic E-state index is 14.5. The maximum Gasteiger partial charge on any atom is 0.415 e. The van der Waals surface area contributed by atoms with Crippen molar-refractivity contribution in [3.8, 4) is 0 Å². The number of likely N-dealkylation sites (tertiary alicyclic amines) is 1. The Hall–Kier alpha value is -3.67. The van der Waals surface area contributed by atoms with Crippen LogP contribution in [0.4, 0.5) is 15.3 Å². The summed E-state index contributed by atoms with van der Waals surface area (Å²) in [5.74, 6) is -3.14. The number of carbonyl (C=O) groups is 6. The number of hydrogen-bond donors (Lipinski definition) is 2. The van der Waals surface area contributed by atoms with Gasteiger partial charge in [0.1, 0.15) is 12.1 Å². The number of ether oxygens (including phenoxy) is 2. The summed E-state index contributed by atoms with van der Waals surface area (Å²) in [6.45, 7) is 7.23. The van der Waals surface area contributed by atoms with E-state index in [0.29, 0.717) is 23.6 Å². The van der Waals surface area contributed by atoms with E-state index in [1.807, 2.05) is 6.92 Å². The molecule has 1 spiro atoms. The van der Waals surface area contributed by atoms with Crippen LogP contribution >= 0.6 is 11.6 Å². The topological polar surface area (TPSA) is 151 Å². The van der Waals surface area contributed by atoms with Gasteiger partial charge in [-0.1, -0.05) is 51.8 Å². The molecule has 2 saturated carbocycles. The van der Waals surface area contributed by atoms with Crippen molar-refractivity contribution < 1.29 is 38.2 Å². The third-order valence-corrected chi connectivity index (χ3v) is 9.92. The number of alkyl carbamates (subject to hydrolysis) is 1. The fourth-order valence-corrected chi connectivity index (χ4v) is 7.15. The number of nitrogens with zero attached hydrogens (tertiary/aromatic N) is 2. The average Bonchev–Trinajstić information content (AvgIpc) is 3.39. The highest BCUT2D eigenvalue weighted by atomic mass is 35.5. The summed E-state index contributed by atoms with van der Waals surface area (Å²) in [6, 6.07) is 4.59. The van der Waals surface area contributed by atoms with Crippen molar-refractivity contribution in [1.29, 1.82) is 0 Å². The van der Waals surface area contributed by atoms with Crippen LogP contribution in [0, 0.1) is 11.3 Å². The van der Waals surface area contributed by atoms with Gasteiger partial charge >= 0.3 is 12.2 Å². The molecular formula is C35H47ClN4O8. The molecule has 48 heavy (non-hydrogen) atoms. The van der Waals surface area contributed by atoms with Crippen LogP contribution in [-0.4, -0.2) is 83.4 Å². The van der Waals surface area contributed by atoms with Gasteiger partial charge in [0, 0.05) is 35.5 Å². The minimum atomic E-state index is -1.24. The second-order valence-corrected chi connectivity index (χ2v) is 15.3. The van der Waals surface area contributed by atoms with Gasteiger partial charge in [0.05, 0.1) is 19.1 Å². The summed E-state index contributed by atoms with van der Waals surface area (Å²) in [5, 5.41) is 5.91. The minimum Gasteiger partial charge on any atom is -0.446 e. The lowest BCUT2D eigenvalue weighted by Crippen LogP contribution is -2.57. The molecule has 0 unspecified atom stereocenters. The number of ketones is 2. The zero-order valence-corrected chi connectivity index (χ0v) is 29.0. The van der Waals surface area contributed by atoms with Crippen LogP contribution in [0.2, 0.25) is 5.02 Å². The van der Waals surface area contributed by atoms with Gasteiger partial charge in [-0.25, -0.2) is 9.59 Å². The van der Waals surface area contributed by atoms with Crippen molar-refractivity contribution >= 4 is 52.9 Å². The Morgan fingerprint density at radius 3 is 2.42 bits per heavy atom. The second-order valence-electron chi connectivity index (χ2n) is 14.8. The molecule has 5 rings (SSSR count). The van der Waals surface area contributed by atoms with E-state index < -0.39 is 64.6 Å². The number of anilines is 1. The molecule has 2 aliphatic carbocycles. The molecule has 1 aromatic carbocycles. The highest BCUT2D eigenvalue weighted by Gasteiger charge is 2.58. The maximum absolute atomic E-state index is 14.5. The predicted octanol–water partition coefficient (Wildman–Crippen LogP) is 4.94. The van der Waals surface area contributed by atoms with Crippen molar-refractivity contribution in [2.75, 3.05) is 18.0 Å². The first-order valence-electron chi connectivity index (χ1n) is 17.1. The summed E-state index contributed by atoms with van der Waals surface area (Å²) in [7, 11) is 0. The molecule has 0 radical (unpaired) electrons. The van der Waals surface area contributed by atoms with Crippen molar-refractivity contribution in [2.45, 2.75) is 122 Å². The second kappa shape index (κ2) is 14.4. The van der Waals surface area contributed by atoms with Crippen LogP contribution in [0.3, 0.4) is 0 Å². The molecule has 0 bridgehead atoms. The average molecular weight is 687 g/mol. The number of hydrogen-bond acceptors (Lipinski definition) is 8. The van der Waals surface area contributed by atoms with Crippen molar-refractivity contribution in [3.05, 3.63) is 29.3 Å². The SMILES string of the molecule is CCC[C@H](CC(=O)[C@@H]1C[C@@]2(CN(c3cccc(Cl)c3)C(=O)O2)CN1C(=O)[C@@H](NC(=O)OC1CCCC1)C(C)(C)C)C(=O)C(=O)NC1CC1. The largest absolute Gasteiger partial charge is 0.446 e. The molecule has 2 heterocycles. The Kier molecular flexibility index (Phi) is 10.7. The van der Waals surface area contributed by atoms with Gasteiger partial charge in [0.25, 0.3) is 5.91 Å². The van der Waals surface area contributed by atoms with Crippen molar-refractivity contribution in [1.82, 2.24) is 15.5 Å². The van der Waals surface area contributed by atoms with Crippen LogP contribution < -0.4 is 15.5 Å². The van der Waals surface area contributed by atoms with Gasteiger partial charge < -0.3 is 25.0 Å². The summed E-state index contributed by atoms with van der Waals surface area (Å²) in [4.78, 5) is 83.6. The smallest absolute Gasteiger partial charge is 0.415 e. The fourth-order valence-electron chi connectivity index (χ4n) is 6.97. The monoisotopic (exact) mass is 686 g/mol. The van der Waals surface area contributed by atoms with Crippen LogP contribution in [0.25, 0.3) is 0 Å². The quantitative estimate of drug-likeness (QED) is 0.294. The predicted molar refractivity (Wildman–Crippen MR) is 177 cm³/mol. The molecule has 13 heteroatoms. The van der Waals surface area contributed by atoms with Crippen molar-refractivity contribution in [2.24, 2.45) is 11.3 Å². The molecule has 262 valence electrons. The molecule has 4 fully saturated rings. The van der Waals surface area contributed by atoms with Gasteiger partial charge in [0.2, 0.25) is 11.7 Å². The summed E-state index contributed by atoms with van der Waals surface area (Å²) < 4.78 is 11.6. The molecule has 2 aliphatic heterocycles. The molecule has 0 aromatic heterocycles. The van der Waals surface area contributed by atoms with Gasteiger partial charge in [-0.15, -0.1) is 0 Å². The Balaban J connectivity index is 1.41. The number of nitrogens with one attached hydrogen (secondary N) is 2. The molecule has 4 amide bonds. The number of amides is 4. The Morgan fingerprint density at radius 2 is 1.79 bits per heavy atom. The highest BCUT2D eigenvalue weighted by Crippen LogP contribution is 2.40. The first-order chi connectivity index (χ1) is 22.7. The molecule has 4 atom stereocenters. The lowest BCUT2D eigenvalue weighted by molar-refractivity contribution is -0.144. The van der Waals surface area contributed by atoms with Gasteiger partial charge in [-0.2, -0.15) is 0 Å². The molecule has 2 N–H and O–H groups in total. The van der Waals surface area contributed by atoms with Crippen LogP contribution in [-0.2, 0) is 28.7 Å². The van der Waals surface area contributed by atoms with Crippen molar-refractivity contribution in [3.63, 3.8) is 0 Å². The Morgan fingerprint density at radius 1 is 1.08 bits per heavy atom. The standard InChI is InChI=1S/C35H47ClN4O8/c1-5-9-21(28(42)30(43)37-23-14-15-23)16-27(41)26-18-35(19-39(33(46)48-35)24-11-8-10-22(36)17-24)20-40(26)31(44)29(34(2,3)4)38-32(45)47-25-12-6-7-13-25/h8,10-11,17,21,23,25-26,29H,5-7,9,12-16,18-20H2,1-4H3,(H,37,43)(H,38,45)/t21-,26+,29-,35-/m1/s1. The zero-order chi connectivity index (χ0) is 34.8. The highest BCUT2D eigenvalue weighted by molar-refractivity contribution is 6.37. The van der Waals surface area contributed by atoms with Crippen LogP contribution in [0.1, 0.15) is 91.9 Å². The van der Waals surface area contributed by atoms with E-state index in [2.05, 4.69) is 10.6 Å². The van der Waals surface area contributed by atoms with Gasteiger partial charge in [0.15, 0.2) is 11.4 Å². The molecule has 12 nitrogen and oxygen atoms in total. The van der Waals surface area contributed by atoms with E-state index in [-0.39, 0.29) is 38.1 Å². The number of Topliss-reactive ketones (excluding diaryl/α,β-unsaturated/α-hetero) is 2. The van der Waals surface area contributed by atoms with Crippen LogP contribution in [0.15, 0.2) is 24.3 Å². The number of halogens is 1. The van der Waals surface area contributed by atoms with Gasteiger partial charge in [-0.3, -0.25) is 24.1 Å². The molecule has 1 aromatic rings. The first-order valence-corrected chi connectivity index (χ1v) is 17.5. The zero-order valence-electron chi connectivity index (χ0n) is 28.2. The molecule has 4 aliphatic rings. The Bertz CT molecular complexity index is 1440. The summed E-state index contributed by atoms with van der Waals surface area (Å²) in [6.07, 6.45) is 4.17. The molecule has 2 saturated heterocycles. The third kappa shape index (κ3) is 8.30. The number of benzene rings is 1. The number of carbonyl (C=O) groups excluding carboxylic acids is 6. The first kappa shape index (κ1) is 35.6. The summed E-state index contributed by atoms with van der Waals surface area (Å²) >= 11 is 6.20. The lowest BCUT2D eigenvalue weighted by atomic mass is 9.85. The third-order valence-electron chi connectivity index (χ3n) is 9.69. The molecular weight excluding hydrogens is 640 g/mol. The number of rotatable bonds is 12. The van der Waals surface area contributed by atoms with Crippen LogP contribution in [0.5, 0.6) is 0 Å². The lowest BCUT2D eigenvalue weighted by Gasteiger charge is -2.35. The van der Waals surface area contributed by atoms with E-state index in [4.69, 9.17) is 21.1 Å². The fraction of sp³-hybridized carbons (Fsp3) is 0.657. The minimum absolute atomic E-state index is 0.00886. The van der Waals surface area contributed by atoms with Gasteiger partial charge in [-0.05, 0) is 68.6 Å². The van der Waals surface area contributed by atoms with E-state index in [1.54, 1.807) is 45.0 Å². The van der Waals surface area contributed by atoms with E-state index in [9.17, 15) is 28.8 Å². The Labute approximate surface area is 286 Å². The van der Waals surface area contributed by atoms with E-state index in [0.717, 1.165) is 38.5 Å². The summed E-state index contributed by atoms with van der Waals surface area (Å²) in [5.41, 5.74) is -1.51. The van der Waals surface area contributed by atoms with E-state index in [1.165, 1.54) is 9.80 Å². The normalized spacial score (nSPS) is 23.9. The van der Waals surface area contributed by atoms with E-state index >= 15 is 0 Å².